The smallest absolute Gasteiger partial charge is 0.405 e. The van der Waals surface area contributed by atoms with Crippen molar-refractivity contribution >= 4 is 33.8 Å². The van der Waals surface area contributed by atoms with E-state index in [9.17, 15) is 27.6 Å². The predicted molar refractivity (Wildman–Crippen MR) is 139 cm³/mol. The van der Waals surface area contributed by atoms with Gasteiger partial charge in [0, 0.05) is 12.5 Å². The molecule has 4 atom stereocenters. The second kappa shape index (κ2) is 11.6. The summed E-state index contributed by atoms with van der Waals surface area (Å²) in [5.74, 6) is -1.88. The summed E-state index contributed by atoms with van der Waals surface area (Å²) in [4.78, 5) is 52.8. The Hall–Kier alpha value is -3.61. The van der Waals surface area contributed by atoms with E-state index in [2.05, 4.69) is 10.0 Å². The normalized spacial score (nSPS) is 28.5. The Bertz CT molecular complexity index is 1250. The van der Waals surface area contributed by atoms with E-state index < -0.39 is 57.4 Å². The zero-order valence-corrected chi connectivity index (χ0v) is 22.6. The van der Waals surface area contributed by atoms with Crippen LogP contribution < -0.4 is 20.5 Å². The summed E-state index contributed by atoms with van der Waals surface area (Å²) in [6, 6.07) is 4.67. The molecule has 2 fully saturated rings. The van der Waals surface area contributed by atoms with Gasteiger partial charge in [-0.05, 0) is 69.2 Å². The van der Waals surface area contributed by atoms with Crippen molar-refractivity contribution in [3.63, 3.8) is 0 Å². The second-order valence-corrected chi connectivity index (χ2v) is 11.7. The molecule has 0 aromatic heterocycles. The average molecular weight is 563 g/mol. The number of ether oxygens (including phenoxy) is 2. The van der Waals surface area contributed by atoms with Crippen LogP contribution in [0.2, 0.25) is 0 Å². The Labute approximate surface area is 227 Å². The first kappa shape index (κ1) is 28.4. The van der Waals surface area contributed by atoms with Crippen molar-refractivity contribution in [2.24, 2.45) is 11.7 Å². The molecule has 0 spiro atoms. The topological polar surface area (TPSA) is 174 Å². The van der Waals surface area contributed by atoms with Crippen molar-refractivity contribution in [1.82, 2.24) is 14.9 Å². The van der Waals surface area contributed by atoms with Crippen molar-refractivity contribution in [3.05, 3.63) is 36.4 Å². The molecule has 0 radical (unpaired) electrons. The Kier molecular flexibility index (Phi) is 8.48. The lowest BCUT2D eigenvalue weighted by Crippen LogP contribution is -2.57. The number of hydrogen-bond acceptors (Lipinski definition) is 8. The number of carbonyl (C=O) groups is 4. The molecular weight excluding hydrogens is 528 g/mol. The van der Waals surface area contributed by atoms with E-state index in [1.165, 1.54) is 36.3 Å². The van der Waals surface area contributed by atoms with E-state index in [-0.39, 0.29) is 24.3 Å². The maximum atomic E-state index is 13.5. The number of carbonyl (C=O) groups excluding carboxylic acids is 4. The molecule has 0 bridgehead atoms. The van der Waals surface area contributed by atoms with Crippen molar-refractivity contribution < 1.29 is 37.1 Å². The number of methoxy groups -OCH3 is 1. The standard InChI is InChI=1S/C26H34N4O8S/c1-37-18-11-13-19(14-12-18)39(35,36)29-24(33)26-16-17(26)8-5-3-2-4-6-10-21(38-25(27)34)23(32)30-15-7-9-20(30)22(31)28-26/h5,8,11-14,17,20-21H,2-4,6-7,9-10,15-16H2,1H3,(H2,27,34)(H,28,31)(H,29,33)/b8-5+. The number of nitrogens with one attached hydrogen (secondary N) is 2. The lowest BCUT2D eigenvalue weighted by molar-refractivity contribution is -0.146. The van der Waals surface area contributed by atoms with Crippen LogP contribution in [0.25, 0.3) is 0 Å². The van der Waals surface area contributed by atoms with Gasteiger partial charge >= 0.3 is 6.09 Å². The van der Waals surface area contributed by atoms with E-state index in [1.54, 1.807) is 0 Å². The number of rotatable bonds is 5. The SMILES string of the molecule is COc1ccc(S(=O)(=O)NC(=O)C23CC2/C=C/CCCCCC(OC(N)=O)C(=O)N2CCCC2C(=O)N3)cc1. The van der Waals surface area contributed by atoms with Gasteiger partial charge in [-0.3, -0.25) is 14.4 Å². The van der Waals surface area contributed by atoms with Crippen LogP contribution in [0.4, 0.5) is 4.79 Å². The van der Waals surface area contributed by atoms with Gasteiger partial charge in [-0.25, -0.2) is 17.9 Å². The van der Waals surface area contributed by atoms with Crippen LogP contribution in [0, 0.1) is 5.92 Å². The number of allylic oxidation sites excluding steroid dienone is 1. The number of sulfonamides is 1. The summed E-state index contributed by atoms with van der Waals surface area (Å²) in [5.41, 5.74) is 3.71. The quantitative estimate of drug-likeness (QED) is 0.451. The minimum absolute atomic E-state index is 0.127. The van der Waals surface area contributed by atoms with Gasteiger partial charge in [-0.1, -0.05) is 18.6 Å². The molecule has 39 heavy (non-hydrogen) atoms. The molecule has 2 heterocycles. The number of nitrogens with two attached hydrogens (primary N) is 1. The van der Waals surface area contributed by atoms with Gasteiger partial charge in [0.1, 0.15) is 17.3 Å². The zero-order chi connectivity index (χ0) is 28.2. The van der Waals surface area contributed by atoms with Crippen molar-refractivity contribution in [3.8, 4) is 5.75 Å². The van der Waals surface area contributed by atoms with Crippen LogP contribution in [0.5, 0.6) is 5.75 Å². The first-order valence-electron chi connectivity index (χ1n) is 13.0. The highest BCUT2D eigenvalue weighted by atomic mass is 32.2. The van der Waals surface area contributed by atoms with E-state index in [0.29, 0.717) is 31.4 Å². The maximum Gasteiger partial charge on any atom is 0.405 e. The van der Waals surface area contributed by atoms with Gasteiger partial charge < -0.3 is 25.4 Å². The number of amides is 4. The summed E-state index contributed by atoms with van der Waals surface area (Å²) in [6.07, 6.45) is 5.85. The summed E-state index contributed by atoms with van der Waals surface area (Å²) < 4.78 is 38.2. The highest BCUT2D eigenvalue weighted by molar-refractivity contribution is 7.90. The molecule has 4 unspecified atom stereocenters. The summed E-state index contributed by atoms with van der Waals surface area (Å²) in [7, 11) is -2.78. The third-order valence-corrected chi connectivity index (χ3v) is 8.79. The third-order valence-electron chi connectivity index (χ3n) is 7.44. The lowest BCUT2D eigenvalue weighted by Gasteiger charge is -2.29. The molecule has 3 aliphatic rings. The Morgan fingerprint density at radius 3 is 2.54 bits per heavy atom. The summed E-state index contributed by atoms with van der Waals surface area (Å²) in [5, 5.41) is 2.76. The van der Waals surface area contributed by atoms with Gasteiger partial charge in [0.25, 0.3) is 21.8 Å². The van der Waals surface area contributed by atoms with Crippen molar-refractivity contribution in [2.45, 2.75) is 73.9 Å². The molecular formula is C26H34N4O8S. The third kappa shape index (κ3) is 6.35. The van der Waals surface area contributed by atoms with Gasteiger partial charge in [0.15, 0.2) is 6.10 Å². The van der Waals surface area contributed by atoms with Crippen LogP contribution in [-0.2, 0) is 29.1 Å². The van der Waals surface area contributed by atoms with E-state index in [0.717, 1.165) is 12.8 Å². The fourth-order valence-corrected chi connectivity index (χ4v) is 6.24. The molecule has 12 nitrogen and oxygen atoms in total. The molecule has 13 heteroatoms. The predicted octanol–water partition coefficient (Wildman–Crippen LogP) is 1.35. The molecule has 1 aromatic carbocycles. The minimum atomic E-state index is -4.23. The van der Waals surface area contributed by atoms with Gasteiger partial charge in [0.05, 0.1) is 12.0 Å². The van der Waals surface area contributed by atoms with Crippen molar-refractivity contribution in [2.75, 3.05) is 13.7 Å². The van der Waals surface area contributed by atoms with Crippen molar-refractivity contribution in [1.29, 1.82) is 0 Å². The monoisotopic (exact) mass is 562 g/mol. The van der Waals surface area contributed by atoms with Crippen LogP contribution in [-0.4, -0.2) is 68.5 Å². The van der Waals surface area contributed by atoms with Crippen LogP contribution in [0.3, 0.4) is 0 Å². The highest BCUT2D eigenvalue weighted by Crippen LogP contribution is 2.45. The highest BCUT2D eigenvalue weighted by Gasteiger charge is 2.61. The fourth-order valence-electron chi connectivity index (χ4n) is 5.20. The Morgan fingerprint density at radius 2 is 1.85 bits per heavy atom. The Balaban J connectivity index is 1.57. The molecule has 1 aliphatic carbocycles. The molecule has 2 aliphatic heterocycles. The minimum Gasteiger partial charge on any atom is -0.497 e. The fraction of sp³-hybridized carbons (Fsp3) is 0.538. The largest absolute Gasteiger partial charge is 0.497 e. The molecule has 1 saturated heterocycles. The van der Waals surface area contributed by atoms with E-state index in [1.807, 2.05) is 12.2 Å². The second-order valence-electron chi connectivity index (χ2n) is 10.1. The van der Waals surface area contributed by atoms with Gasteiger partial charge in [0.2, 0.25) is 5.91 Å². The summed E-state index contributed by atoms with van der Waals surface area (Å²) in [6.45, 7) is 0.282. The Morgan fingerprint density at radius 1 is 1.10 bits per heavy atom. The number of fused-ring (bicyclic) bond motifs is 2. The first-order valence-corrected chi connectivity index (χ1v) is 14.5. The zero-order valence-electron chi connectivity index (χ0n) is 21.8. The average Bonchev–Trinajstić information content (AvgIpc) is 3.36. The van der Waals surface area contributed by atoms with Crippen LogP contribution >= 0.6 is 0 Å². The van der Waals surface area contributed by atoms with Gasteiger partial charge in [-0.15, -0.1) is 0 Å². The number of benzene rings is 1. The van der Waals surface area contributed by atoms with Crippen LogP contribution in [0.15, 0.2) is 41.3 Å². The number of primary amides is 1. The first-order chi connectivity index (χ1) is 18.6. The molecule has 4 N–H and O–H groups in total. The molecule has 1 saturated carbocycles. The number of nitrogens with zero attached hydrogens (tertiary/aromatic N) is 1. The molecule has 1 aromatic rings. The molecule has 212 valence electrons. The molecule has 4 rings (SSSR count). The maximum absolute atomic E-state index is 13.5. The van der Waals surface area contributed by atoms with Gasteiger partial charge in [-0.2, -0.15) is 0 Å². The molecule has 4 amide bonds. The van der Waals surface area contributed by atoms with Crippen LogP contribution in [0.1, 0.15) is 51.4 Å². The lowest BCUT2D eigenvalue weighted by atomic mass is 10.1. The van der Waals surface area contributed by atoms with E-state index >= 15 is 0 Å². The van der Waals surface area contributed by atoms with E-state index in [4.69, 9.17) is 15.2 Å². The number of hydrogen-bond donors (Lipinski definition) is 3. The summed E-state index contributed by atoms with van der Waals surface area (Å²) >= 11 is 0.